The minimum Gasteiger partial charge on any atom is -0.388 e. The van der Waals surface area contributed by atoms with Gasteiger partial charge in [0.2, 0.25) is 0 Å². The van der Waals surface area contributed by atoms with Crippen LogP contribution in [0.3, 0.4) is 0 Å². The van der Waals surface area contributed by atoms with E-state index in [0.717, 1.165) is 0 Å². The molecular formula is C10H20ClNO4. The van der Waals surface area contributed by atoms with Crippen molar-refractivity contribution in [1.29, 1.82) is 0 Å². The van der Waals surface area contributed by atoms with Crippen molar-refractivity contribution in [2.45, 2.75) is 62.2 Å². The van der Waals surface area contributed by atoms with E-state index in [0.29, 0.717) is 6.42 Å². The van der Waals surface area contributed by atoms with Crippen LogP contribution in [-0.4, -0.2) is 57.3 Å². The van der Waals surface area contributed by atoms with Gasteiger partial charge >= 0.3 is 0 Å². The fourth-order valence-corrected chi connectivity index (χ4v) is 2.04. The van der Waals surface area contributed by atoms with Gasteiger partial charge < -0.3 is 25.8 Å². The summed E-state index contributed by atoms with van der Waals surface area (Å²) in [4.78, 5) is 0. The molecule has 0 aliphatic carbocycles. The van der Waals surface area contributed by atoms with Crippen LogP contribution in [0.15, 0.2) is 0 Å². The fourth-order valence-electron chi connectivity index (χ4n) is 1.90. The van der Waals surface area contributed by atoms with Crippen LogP contribution in [0, 0.1) is 0 Å². The summed E-state index contributed by atoms with van der Waals surface area (Å²) < 4.78 is 5.48. The predicted molar refractivity (Wildman–Crippen MR) is 60.3 cm³/mol. The molecule has 1 saturated heterocycles. The van der Waals surface area contributed by atoms with Gasteiger partial charge in [0.15, 0.2) is 0 Å². The second kappa shape index (κ2) is 5.62. The average Bonchev–Trinajstić information content (AvgIpc) is 2.25. The van der Waals surface area contributed by atoms with Gasteiger partial charge in [-0.1, -0.05) is 6.92 Å². The van der Waals surface area contributed by atoms with E-state index in [-0.39, 0.29) is 5.38 Å². The lowest BCUT2D eigenvalue weighted by atomic mass is 9.90. The third kappa shape index (κ3) is 2.67. The fraction of sp³-hybridized carbons (Fsp3) is 1.00. The highest BCUT2D eigenvalue weighted by molar-refractivity contribution is 6.20. The topological polar surface area (TPSA) is 95.9 Å². The molecule has 96 valence electrons. The van der Waals surface area contributed by atoms with Gasteiger partial charge in [-0.25, -0.2) is 0 Å². The molecule has 0 aromatic heterocycles. The Morgan fingerprint density at radius 1 is 1.25 bits per heavy atom. The first-order valence-corrected chi connectivity index (χ1v) is 5.93. The molecule has 0 aromatic carbocycles. The lowest BCUT2D eigenvalue weighted by Crippen LogP contribution is -2.63. The van der Waals surface area contributed by atoms with Gasteiger partial charge in [0.25, 0.3) is 0 Å². The first-order chi connectivity index (χ1) is 7.40. The highest BCUT2D eigenvalue weighted by Gasteiger charge is 2.45. The Morgan fingerprint density at radius 2 is 1.81 bits per heavy atom. The van der Waals surface area contributed by atoms with Crippen molar-refractivity contribution in [3.63, 3.8) is 0 Å². The van der Waals surface area contributed by atoms with Crippen LogP contribution >= 0.6 is 11.6 Å². The average molecular weight is 254 g/mol. The smallest absolute Gasteiger partial charge is 0.111 e. The zero-order valence-corrected chi connectivity index (χ0v) is 10.2. The van der Waals surface area contributed by atoms with Crippen molar-refractivity contribution >= 4 is 11.6 Å². The first kappa shape index (κ1) is 14.2. The van der Waals surface area contributed by atoms with Crippen LogP contribution in [0.2, 0.25) is 0 Å². The molecule has 0 radical (unpaired) electrons. The maximum absolute atomic E-state index is 9.77. The summed E-state index contributed by atoms with van der Waals surface area (Å²) >= 11 is 5.84. The summed E-state index contributed by atoms with van der Waals surface area (Å²) in [5.74, 6) is 0. The highest BCUT2D eigenvalue weighted by Crippen LogP contribution is 2.26. The van der Waals surface area contributed by atoms with Crippen LogP contribution in [0.5, 0.6) is 0 Å². The van der Waals surface area contributed by atoms with Gasteiger partial charge in [0, 0.05) is 11.4 Å². The van der Waals surface area contributed by atoms with Crippen LogP contribution in [0.25, 0.3) is 0 Å². The number of hydrogen-bond donors (Lipinski definition) is 4. The molecule has 1 heterocycles. The summed E-state index contributed by atoms with van der Waals surface area (Å²) in [6, 6.07) is -0.590. The maximum atomic E-state index is 9.77. The molecule has 5 N–H and O–H groups in total. The number of halogens is 1. The van der Waals surface area contributed by atoms with E-state index >= 15 is 0 Å². The number of ether oxygens (including phenoxy) is 1. The van der Waals surface area contributed by atoms with Crippen LogP contribution in [0.1, 0.15) is 20.3 Å². The molecule has 6 heteroatoms. The molecule has 0 spiro atoms. The van der Waals surface area contributed by atoms with Crippen molar-refractivity contribution in [3.8, 4) is 0 Å². The molecule has 0 bridgehead atoms. The Hall–Kier alpha value is 0.0900. The third-order valence-electron chi connectivity index (χ3n) is 3.06. The Bertz CT molecular complexity index is 227. The van der Waals surface area contributed by atoms with E-state index in [2.05, 4.69) is 0 Å². The van der Waals surface area contributed by atoms with Crippen molar-refractivity contribution < 1.29 is 20.1 Å². The number of aliphatic hydroxyl groups excluding tert-OH is 3. The molecular weight excluding hydrogens is 234 g/mol. The molecule has 0 amide bonds. The quantitative estimate of drug-likeness (QED) is 0.494. The minimum atomic E-state index is -1.25. The lowest BCUT2D eigenvalue weighted by molar-refractivity contribution is -0.226. The summed E-state index contributed by atoms with van der Waals surface area (Å²) in [6.07, 6.45) is -4.29. The summed E-state index contributed by atoms with van der Waals surface area (Å²) in [5.41, 5.74) is 5.80. The lowest BCUT2D eigenvalue weighted by Gasteiger charge is -2.43. The molecule has 0 aromatic rings. The number of nitrogens with two attached hydrogens (primary N) is 1. The number of hydrogen-bond acceptors (Lipinski definition) is 5. The zero-order valence-electron chi connectivity index (χ0n) is 9.45. The minimum absolute atomic E-state index is 0.389. The highest BCUT2D eigenvalue weighted by atomic mass is 35.5. The first-order valence-electron chi connectivity index (χ1n) is 5.49. The number of rotatable bonds is 3. The SMILES string of the molecule is CCC1O[C@H]([C@H](N)[C@H](C)Cl)[C@@H](O)C(O)[C@H]1O. The van der Waals surface area contributed by atoms with E-state index in [1.165, 1.54) is 0 Å². The second-order valence-corrected chi connectivity index (χ2v) is 4.96. The monoisotopic (exact) mass is 253 g/mol. The summed E-state index contributed by atoms with van der Waals surface area (Å²) in [7, 11) is 0. The maximum Gasteiger partial charge on any atom is 0.111 e. The van der Waals surface area contributed by atoms with Gasteiger partial charge in [-0.3, -0.25) is 0 Å². The van der Waals surface area contributed by atoms with E-state index in [9.17, 15) is 15.3 Å². The molecule has 7 atom stereocenters. The molecule has 1 fully saturated rings. The molecule has 5 nitrogen and oxygen atoms in total. The van der Waals surface area contributed by atoms with Gasteiger partial charge in [0.05, 0.1) is 6.10 Å². The summed E-state index contributed by atoms with van der Waals surface area (Å²) in [5, 5.41) is 28.7. The van der Waals surface area contributed by atoms with Crippen LogP contribution in [-0.2, 0) is 4.74 Å². The molecule has 1 aliphatic rings. The van der Waals surface area contributed by atoms with Crippen LogP contribution < -0.4 is 5.73 Å². The van der Waals surface area contributed by atoms with Gasteiger partial charge in [-0.05, 0) is 13.3 Å². The van der Waals surface area contributed by atoms with Gasteiger partial charge in [0.1, 0.15) is 24.4 Å². The Morgan fingerprint density at radius 3 is 2.25 bits per heavy atom. The van der Waals surface area contributed by atoms with E-state index < -0.39 is 36.6 Å². The van der Waals surface area contributed by atoms with Gasteiger partial charge in [-0.2, -0.15) is 0 Å². The zero-order chi connectivity index (χ0) is 12.5. The second-order valence-electron chi connectivity index (χ2n) is 4.27. The largest absolute Gasteiger partial charge is 0.388 e. The molecule has 1 aliphatic heterocycles. The molecule has 2 unspecified atom stereocenters. The van der Waals surface area contributed by atoms with E-state index in [4.69, 9.17) is 22.1 Å². The van der Waals surface area contributed by atoms with Crippen molar-refractivity contribution in [1.82, 2.24) is 0 Å². The van der Waals surface area contributed by atoms with E-state index in [1.54, 1.807) is 6.92 Å². The third-order valence-corrected chi connectivity index (χ3v) is 3.35. The van der Waals surface area contributed by atoms with Crippen molar-refractivity contribution in [3.05, 3.63) is 0 Å². The Kier molecular flexibility index (Phi) is 4.97. The number of alkyl halides is 1. The van der Waals surface area contributed by atoms with Crippen LogP contribution in [0.4, 0.5) is 0 Å². The molecule has 0 saturated carbocycles. The van der Waals surface area contributed by atoms with E-state index in [1.807, 2.05) is 6.92 Å². The Balaban J connectivity index is 2.78. The van der Waals surface area contributed by atoms with Crippen molar-refractivity contribution in [2.75, 3.05) is 0 Å². The Labute approximate surface area is 100 Å². The molecule has 16 heavy (non-hydrogen) atoms. The number of aliphatic hydroxyl groups is 3. The normalized spacial score (nSPS) is 44.1. The molecule has 1 rings (SSSR count). The standard InChI is InChI=1S/C10H20ClNO4/c1-3-5-7(13)8(14)9(15)10(16-5)6(12)4(2)11/h4-10,13-15H,3,12H2,1-2H3/t4-,5?,6+,7-,8?,9-,10+/m0/s1. The van der Waals surface area contributed by atoms with Crippen molar-refractivity contribution in [2.24, 2.45) is 5.73 Å². The summed E-state index contributed by atoms with van der Waals surface area (Å²) in [6.45, 7) is 3.52. The van der Waals surface area contributed by atoms with Gasteiger partial charge in [-0.15, -0.1) is 11.6 Å². The predicted octanol–water partition coefficient (Wildman–Crippen LogP) is -0.799.